The van der Waals surface area contributed by atoms with Crippen LogP contribution < -0.4 is 0 Å². The van der Waals surface area contributed by atoms with Crippen molar-refractivity contribution in [2.24, 2.45) is 0 Å². The van der Waals surface area contributed by atoms with E-state index in [2.05, 4.69) is 22.5 Å². The summed E-state index contributed by atoms with van der Waals surface area (Å²) in [7, 11) is 0. The molecule has 4 heteroatoms. The number of aliphatic hydroxyl groups is 1. The molecular formula is C13H16N2OS. The van der Waals surface area contributed by atoms with Gasteiger partial charge in [-0.25, -0.2) is 4.98 Å². The van der Waals surface area contributed by atoms with Crippen LogP contribution in [0.3, 0.4) is 0 Å². The van der Waals surface area contributed by atoms with Gasteiger partial charge in [0.05, 0.1) is 23.2 Å². The Balaban J connectivity index is 2.05. The summed E-state index contributed by atoms with van der Waals surface area (Å²) >= 11 is 1.75. The lowest BCUT2D eigenvalue weighted by Gasteiger charge is -2.19. The second-order valence-corrected chi connectivity index (χ2v) is 5.47. The molecule has 0 spiro atoms. The molecule has 0 saturated heterocycles. The molecule has 0 unspecified atom stereocenters. The summed E-state index contributed by atoms with van der Waals surface area (Å²) in [6.45, 7) is 2.11. The van der Waals surface area contributed by atoms with E-state index in [0.717, 1.165) is 34.8 Å². The SMILES string of the molecule is CCC[C@@H](O)[C@@H]1CSc2nc3ccccc3n21. The van der Waals surface area contributed by atoms with Crippen LogP contribution in [0.2, 0.25) is 0 Å². The first kappa shape index (κ1) is 11.1. The second-order valence-electron chi connectivity index (χ2n) is 4.49. The van der Waals surface area contributed by atoms with Gasteiger partial charge >= 0.3 is 0 Å². The highest BCUT2D eigenvalue weighted by Crippen LogP contribution is 2.38. The molecule has 0 radical (unpaired) electrons. The van der Waals surface area contributed by atoms with Gasteiger partial charge in [-0.15, -0.1) is 0 Å². The van der Waals surface area contributed by atoms with Gasteiger partial charge in [-0.2, -0.15) is 0 Å². The lowest BCUT2D eigenvalue weighted by Crippen LogP contribution is -2.23. The Morgan fingerprint density at radius 3 is 3.18 bits per heavy atom. The molecule has 1 aromatic heterocycles. The molecule has 3 nitrogen and oxygen atoms in total. The van der Waals surface area contributed by atoms with E-state index in [4.69, 9.17) is 0 Å². The van der Waals surface area contributed by atoms with Gasteiger partial charge < -0.3 is 9.67 Å². The molecule has 1 aliphatic heterocycles. The minimum absolute atomic E-state index is 0.183. The van der Waals surface area contributed by atoms with Gasteiger partial charge in [-0.05, 0) is 18.6 Å². The number of aromatic nitrogens is 2. The number of hydrogen-bond acceptors (Lipinski definition) is 3. The number of hydrogen-bond donors (Lipinski definition) is 1. The highest BCUT2D eigenvalue weighted by molar-refractivity contribution is 7.99. The fourth-order valence-corrected chi connectivity index (χ4v) is 3.68. The van der Waals surface area contributed by atoms with Crippen molar-refractivity contribution in [3.05, 3.63) is 24.3 Å². The minimum Gasteiger partial charge on any atom is -0.391 e. The first-order valence-electron chi connectivity index (χ1n) is 6.09. The largest absolute Gasteiger partial charge is 0.391 e. The van der Waals surface area contributed by atoms with E-state index in [1.54, 1.807) is 11.8 Å². The summed E-state index contributed by atoms with van der Waals surface area (Å²) in [6, 6.07) is 8.34. The molecule has 0 saturated carbocycles. The Bertz CT molecular complexity index is 537. The summed E-state index contributed by atoms with van der Waals surface area (Å²) in [6.07, 6.45) is 1.62. The summed E-state index contributed by atoms with van der Waals surface area (Å²) in [5, 5.41) is 11.3. The number of imidazole rings is 1. The van der Waals surface area contributed by atoms with Crippen LogP contribution in [0.25, 0.3) is 11.0 Å². The lowest BCUT2D eigenvalue weighted by atomic mass is 10.1. The van der Waals surface area contributed by atoms with Gasteiger partial charge in [0.15, 0.2) is 5.16 Å². The van der Waals surface area contributed by atoms with Crippen LogP contribution >= 0.6 is 11.8 Å². The summed E-state index contributed by atoms with van der Waals surface area (Å²) in [5.74, 6) is 0.939. The first-order chi connectivity index (χ1) is 8.31. The molecule has 0 fully saturated rings. The quantitative estimate of drug-likeness (QED) is 0.907. The summed E-state index contributed by atoms with van der Waals surface area (Å²) in [4.78, 5) is 4.60. The predicted molar refractivity (Wildman–Crippen MR) is 70.4 cm³/mol. The average molecular weight is 248 g/mol. The van der Waals surface area contributed by atoms with Crippen LogP contribution in [0.5, 0.6) is 0 Å². The number of rotatable bonds is 3. The first-order valence-corrected chi connectivity index (χ1v) is 7.07. The Kier molecular flexibility index (Phi) is 2.84. The van der Waals surface area contributed by atoms with Gasteiger partial charge in [0, 0.05) is 5.75 Å². The van der Waals surface area contributed by atoms with Gasteiger partial charge in [-0.1, -0.05) is 37.2 Å². The molecule has 0 amide bonds. The lowest BCUT2D eigenvalue weighted by molar-refractivity contribution is 0.114. The standard InChI is InChI=1S/C13H16N2OS/c1-2-5-12(16)11-8-17-13-14-9-6-3-4-7-10(9)15(11)13/h3-4,6-7,11-12,16H,2,5,8H2,1H3/t11-,12+/m0/s1. The molecule has 17 heavy (non-hydrogen) atoms. The Morgan fingerprint density at radius 1 is 1.53 bits per heavy atom. The molecule has 2 atom stereocenters. The number of thioether (sulfide) groups is 1. The van der Waals surface area contributed by atoms with Crippen LogP contribution in [0.1, 0.15) is 25.8 Å². The number of fused-ring (bicyclic) bond motifs is 3. The highest BCUT2D eigenvalue weighted by atomic mass is 32.2. The zero-order valence-electron chi connectivity index (χ0n) is 9.84. The van der Waals surface area contributed by atoms with E-state index in [1.165, 1.54) is 0 Å². The molecule has 1 aliphatic rings. The van der Waals surface area contributed by atoms with Crippen molar-refractivity contribution in [1.82, 2.24) is 9.55 Å². The van der Waals surface area contributed by atoms with Crippen molar-refractivity contribution in [2.45, 2.75) is 37.1 Å². The Morgan fingerprint density at radius 2 is 2.35 bits per heavy atom. The molecule has 3 rings (SSSR count). The zero-order chi connectivity index (χ0) is 11.8. The highest BCUT2D eigenvalue weighted by Gasteiger charge is 2.31. The van der Waals surface area contributed by atoms with E-state index in [0.29, 0.717) is 0 Å². The number of aliphatic hydroxyl groups excluding tert-OH is 1. The predicted octanol–water partition coefficient (Wildman–Crippen LogP) is 2.84. The van der Waals surface area contributed by atoms with Crippen molar-refractivity contribution in [1.29, 1.82) is 0 Å². The molecule has 0 aliphatic carbocycles. The van der Waals surface area contributed by atoms with Crippen molar-refractivity contribution in [2.75, 3.05) is 5.75 Å². The third-order valence-electron chi connectivity index (χ3n) is 3.31. The molecule has 1 N–H and O–H groups in total. The van der Waals surface area contributed by atoms with Crippen LogP contribution in [0.4, 0.5) is 0 Å². The van der Waals surface area contributed by atoms with Crippen molar-refractivity contribution < 1.29 is 5.11 Å². The number of para-hydroxylation sites is 2. The van der Waals surface area contributed by atoms with Crippen LogP contribution in [-0.4, -0.2) is 26.5 Å². The smallest absolute Gasteiger partial charge is 0.169 e. The van der Waals surface area contributed by atoms with Crippen molar-refractivity contribution in [3.8, 4) is 0 Å². The van der Waals surface area contributed by atoms with Crippen molar-refractivity contribution >= 4 is 22.8 Å². The number of benzene rings is 1. The minimum atomic E-state index is -0.258. The van der Waals surface area contributed by atoms with E-state index in [-0.39, 0.29) is 12.1 Å². The molecule has 0 bridgehead atoms. The van der Waals surface area contributed by atoms with Gasteiger partial charge in [0.2, 0.25) is 0 Å². The summed E-state index contributed by atoms with van der Waals surface area (Å²) in [5.41, 5.74) is 2.18. The molecular weight excluding hydrogens is 232 g/mol. The second kappa shape index (κ2) is 4.35. The topological polar surface area (TPSA) is 38.1 Å². The summed E-state index contributed by atoms with van der Waals surface area (Å²) < 4.78 is 2.21. The van der Waals surface area contributed by atoms with Crippen molar-refractivity contribution in [3.63, 3.8) is 0 Å². The van der Waals surface area contributed by atoms with Crippen LogP contribution in [0, 0.1) is 0 Å². The van der Waals surface area contributed by atoms with Gasteiger partial charge in [0.25, 0.3) is 0 Å². The monoisotopic (exact) mass is 248 g/mol. The van der Waals surface area contributed by atoms with E-state index >= 15 is 0 Å². The third-order valence-corrected chi connectivity index (χ3v) is 4.36. The Hall–Kier alpha value is -1.00. The maximum atomic E-state index is 10.2. The Labute approximate surface area is 105 Å². The van der Waals surface area contributed by atoms with Crippen LogP contribution in [-0.2, 0) is 0 Å². The maximum Gasteiger partial charge on any atom is 0.169 e. The third kappa shape index (κ3) is 1.76. The van der Waals surface area contributed by atoms with Gasteiger partial charge in [-0.3, -0.25) is 0 Å². The van der Waals surface area contributed by atoms with Gasteiger partial charge in [0.1, 0.15) is 0 Å². The molecule has 90 valence electrons. The molecule has 1 aromatic carbocycles. The number of nitrogens with zero attached hydrogens (tertiary/aromatic N) is 2. The fraction of sp³-hybridized carbons (Fsp3) is 0.462. The van der Waals surface area contributed by atoms with E-state index in [9.17, 15) is 5.11 Å². The molecule has 2 heterocycles. The maximum absolute atomic E-state index is 10.2. The normalized spacial score (nSPS) is 20.7. The van der Waals surface area contributed by atoms with E-state index < -0.39 is 0 Å². The average Bonchev–Trinajstić information content (AvgIpc) is 2.87. The van der Waals surface area contributed by atoms with Crippen LogP contribution in [0.15, 0.2) is 29.4 Å². The fourth-order valence-electron chi connectivity index (χ4n) is 2.45. The molecule has 2 aromatic rings. The zero-order valence-corrected chi connectivity index (χ0v) is 10.7. The van der Waals surface area contributed by atoms with E-state index in [1.807, 2.05) is 18.2 Å².